The van der Waals surface area contributed by atoms with Crippen molar-refractivity contribution >= 4 is 0 Å². The van der Waals surface area contributed by atoms with E-state index in [-0.39, 0.29) is 0 Å². The van der Waals surface area contributed by atoms with Gasteiger partial charge in [0.1, 0.15) is 0 Å². The minimum atomic E-state index is 0.487. The molecule has 114 valence electrons. The fourth-order valence-corrected chi connectivity index (χ4v) is 2.93. The van der Waals surface area contributed by atoms with E-state index in [0.717, 1.165) is 18.4 Å². The van der Waals surface area contributed by atoms with Gasteiger partial charge in [0.2, 0.25) is 0 Å². The van der Waals surface area contributed by atoms with Gasteiger partial charge in [-0.15, -0.1) is 0 Å². The van der Waals surface area contributed by atoms with Crippen LogP contribution in [0.1, 0.15) is 60.8 Å². The smallest absolute Gasteiger partial charge is 0.0107 e. The van der Waals surface area contributed by atoms with Gasteiger partial charge in [0.25, 0.3) is 0 Å². The molecular formula is C17H36N2. The summed E-state index contributed by atoms with van der Waals surface area (Å²) in [5, 5.41) is 3.65. The van der Waals surface area contributed by atoms with E-state index >= 15 is 0 Å². The van der Waals surface area contributed by atoms with E-state index in [1.807, 2.05) is 0 Å². The van der Waals surface area contributed by atoms with Gasteiger partial charge in [-0.25, -0.2) is 0 Å². The molecule has 0 aliphatic carbocycles. The molecule has 1 N–H and O–H groups in total. The number of hydrogen-bond donors (Lipinski definition) is 1. The first kappa shape index (κ1) is 17.0. The molecule has 1 rings (SSSR count). The maximum Gasteiger partial charge on any atom is 0.0107 e. The molecule has 1 heterocycles. The van der Waals surface area contributed by atoms with Gasteiger partial charge in [-0.1, -0.05) is 34.6 Å². The van der Waals surface area contributed by atoms with E-state index in [1.165, 1.54) is 38.9 Å². The van der Waals surface area contributed by atoms with Crippen LogP contribution in [0.25, 0.3) is 0 Å². The molecule has 0 bridgehead atoms. The molecule has 0 aromatic heterocycles. The molecule has 0 spiro atoms. The molecule has 0 aromatic rings. The van der Waals surface area contributed by atoms with E-state index in [9.17, 15) is 0 Å². The van der Waals surface area contributed by atoms with Gasteiger partial charge in [-0.2, -0.15) is 0 Å². The van der Waals surface area contributed by atoms with Crippen molar-refractivity contribution < 1.29 is 0 Å². The number of rotatable bonds is 5. The molecule has 2 unspecified atom stereocenters. The molecule has 0 amide bonds. The second-order valence-electron chi connectivity index (χ2n) is 7.82. The third-order valence-electron chi connectivity index (χ3n) is 4.94. The molecule has 1 aliphatic rings. The zero-order chi connectivity index (χ0) is 14.5. The normalized spacial score (nSPS) is 24.5. The van der Waals surface area contributed by atoms with Gasteiger partial charge in [0.05, 0.1) is 0 Å². The average Bonchev–Trinajstić information content (AvgIpc) is 2.53. The molecule has 1 fully saturated rings. The highest BCUT2D eigenvalue weighted by Gasteiger charge is 2.26. The van der Waals surface area contributed by atoms with Crippen LogP contribution in [0.2, 0.25) is 0 Å². The van der Waals surface area contributed by atoms with Gasteiger partial charge in [0.15, 0.2) is 0 Å². The summed E-state index contributed by atoms with van der Waals surface area (Å²) >= 11 is 0. The third kappa shape index (κ3) is 6.27. The lowest BCUT2D eigenvalue weighted by Crippen LogP contribution is -2.38. The van der Waals surface area contributed by atoms with Gasteiger partial charge >= 0.3 is 0 Å². The van der Waals surface area contributed by atoms with Gasteiger partial charge in [-0.3, -0.25) is 0 Å². The van der Waals surface area contributed by atoms with Gasteiger partial charge in [0, 0.05) is 19.1 Å². The standard InChI is InChI=1S/C17H36N2/c1-14(2)15(3)18-10-13-19-11-7-8-16(9-12-19)17(4,5)6/h14-16,18H,7-13H2,1-6H3. The summed E-state index contributed by atoms with van der Waals surface area (Å²) in [5.74, 6) is 1.63. The molecule has 0 aromatic carbocycles. The minimum Gasteiger partial charge on any atom is -0.313 e. The molecule has 0 radical (unpaired) electrons. The zero-order valence-electron chi connectivity index (χ0n) is 14.1. The quantitative estimate of drug-likeness (QED) is 0.816. The molecule has 2 heteroatoms. The van der Waals surface area contributed by atoms with Crippen molar-refractivity contribution in [1.82, 2.24) is 10.2 Å². The highest BCUT2D eigenvalue weighted by Crippen LogP contribution is 2.34. The molecule has 1 saturated heterocycles. The highest BCUT2D eigenvalue weighted by atomic mass is 15.1. The van der Waals surface area contributed by atoms with Crippen LogP contribution in [0.4, 0.5) is 0 Å². The first-order chi connectivity index (χ1) is 8.80. The minimum absolute atomic E-state index is 0.487. The topological polar surface area (TPSA) is 15.3 Å². The van der Waals surface area contributed by atoms with Crippen molar-refractivity contribution in [3.05, 3.63) is 0 Å². The van der Waals surface area contributed by atoms with E-state index in [4.69, 9.17) is 0 Å². The second kappa shape index (κ2) is 7.64. The molecular weight excluding hydrogens is 232 g/mol. The fourth-order valence-electron chi connectivity index (χ4n) is 2.93. The Labute approximate surface area is 121 Å². The summed E-state index contributed by atoms with van der Waals surface area (Å²) in [6.45, 7) is 19.0. The fraction of sp³-hybridized carbons (Fsp3) is 1.00. The van der Waals surface area contributed by atoms with E-state index in [2.05, 4.69) is 51.8 Å². The predicted molar refractivity (Wildman–Crippen MR) is 85.5 cm³/mol. The van der Waals surface area contributed by atoms with Crippen molar-refractivity contribution in [3.8, 4) is 0 Å². The summed E-state index contributed by atoms with van der Waals surface area (Å²) in [7, 11) is 0. The van der Waals surface area contributed by atoms with Crippen LogP contribution in [0, 0.1) is 17.3 Å². The Morgan fingerprint density at radius 3 is 2.37 bits per heavy atom. The lowest BCUT2D eigenvalue weighted by atomic mass is 9.77. The first-order valence-electron chi connectivity index (χ1n) is 8.26. The van der Waals surface area contributed by atoms with Crippen LogP contribution in [-0.2, 0) is 0 Å². The number of likely N-dealkylation sites (tertiary alicyclic amines) is 1. The van der Waals surface area contributed by atoms with Crippen molar-refractivity contribution in [1.29, 1.82) is 0 Å². The lowest BCUT2D eigenvalue weighted by molar-refractivity contribution is 0.207. The summed E-state index contributed by atoms with van der Waals surface area (Å²) in [6, 6.07) is 0.634. The first-order valence-corrected chi connectivity index (χ1v) is 8.26. The number of nitrogens with zero attached hydrogens (tertiary/aromatic N) is 1. The van der Waals surface area contributed by atoms with E-state index in [1.54, 1.807) is 0 Å². The van der Waals surface area contributed by atoms with E-state index in [0.29, 0.717) is 11.5 Å². The number of nitrogens with one attached hydrogen (secondary N) is 1. The molecule has 19 heavy (non-hydrogen) atoms. The van der Waals surface area contributed by atoms with Crippen LogP contribution in [-0.4, -0.2) is 37.1 Å². The van der Waals surface area contributed by atoms with E-state index < -0.39 is 0 Å². The highest BCUT2D eigenvalue weighted by molar-refractivity contribution is 4.79. The maximum atomic E-state index is 3.65. The third-order valence-corrected chi connectivity index (χ3v) is 4.94. The Bertz CT molecular complexity index is 242. The monoisotopic (exact) mass is 268 g/mol. The SMILES string of the molecule is CC(C)C(C)NCCN1CCCC(C(C)(C)C)CC1. The van der Waals surface area contributed by atoms with Crippen molar-refractivity contribution in [2.24, 2.45) is 17.3 Å². The predicted octanol–water partition coefficient (Wildman–Crippen LogP) is 3.77. The molecule has 2 atom stereocenters. The summed E-state index contributed by atoms with van der Waals surface area (Å²) in [5.41, 5.74) is 0.487. The molecule has 2 nitrogen and oxygen atoms in total. The maximum absolute atomic E-state index is 3.65. The summed E-state index contributed by atoms with van der Waals surface area (Å²) in [4.78, 5) is 2.66. The Hall–Kier alpha value is -0.0800. The van der Waals surface area contributed by atoms with Gasteiger partial charge < -0.3 is 10.2 Å². The van der Waals surface area contributed by atoms with Crippen molar-refractivity contribution in [2.45, 2.75) is 66.8 Å². The van der Waals surface area contributed by atoms with Crippen molar-refractivity contribution in [2.75, 3.05) is 26.2 Å². The van der Waals surface area contributed by atoms with Crippen molar-refractivity contribution in [3.63, 3.8) is 0 Å². The largest absolute Gasteiger partial charge is 0.313 e. The van der Waals surface area contributed by atoms with Crippen LogP contribution in [0.15, 0.2) is 0 Å². The van der Waals surface area contributed by atoms with Crippen LogP contribution < -0.4 is 5.32 Å². The zero-order valence-corrected chi connectivity index (χ0v) is 14.1. The molecule has 1 aliphatic heterocycles. The van der Waals surface area contributed by atoms with Crippen LogP contribution >= 0.6 is 0 Å². The lowest BCUT2D eigenvalue weighted by Gasteiger charge is -2.30. The summed E-state index contributed by atoms with van der Waals surface area (Å²) < 4.78 is 0. The van der Waals surface area contributed by atoms with Crippen LogP contribution in [0.5, 0.6) is 0 Å². The van der Waals surface area contributed by atoms with Gasteiger partial charge in [-0.05, 0) is 56.5 Å². The summed E-state index contributed by atoms with van der Waals surface area (Å²) in [6.07, 6.45) is 4.17. The Morgan fingerprint density at radius 2 is 1.79 bits per heavy atom. The average molecular weight is 268 g/mol. The Balaban J connectivity index is 2.26. The Kier molecular flexibility index (Phi) is 6.82. The Morgan fingerprint density at radius 1 is 1.11 bits per heavy atom. The number of hydrogen-bond acceptors (Lipinski definition) is 2. The van der Waals surface area contributed by atoms with Crippen LogP contribution in [0.3, 0.4) is 0 Å². The second-order valence-corrected chi connectivity index (χ2v) is 7.82. The molecule has 0 saturated carbocycles.